The van der Waals surface area contributed by atoms with E-state index in [1.807, 2.05) is 0 Å². The molecular formula is C22H22N2O6. The second-order valence-corrected chi connectivity index (χ2v) is 6.76. The van der Waals surface area contributed by atoms with Gasteiger partial charge in [0, 0.05) is 12.1 Å². The molecule has 0 unspecified atom stereocenters. The van der Waals surface area contributed by atoms with Crippen molar-refractivity contribution in [2.45, 2.75) is 25.9 Å². The summed E-state index contributed by atoms with van der Waals surface area (Å²) >= 11 is 0. The minimum atomic E-state index is -1.06. The number of benzene rings is 2. The Kier molecular flexibility index (Phi) is 6.46. The molecule has 0 aromatic heterocycles. The fourth-order valence-corrected chi connectivity index (χ4v) is 3.12. The Morgan fingerprint density at radius 3 is 2.57 bits per heavy atom. The molecule has 0 saturated heterocycles. The summed E-state index contributed by atoms with van der Waals surface area (Å²) in [4.78, 5) is 50.3. The molecule has 0 bridgehead atoms. The van der Waals surface area contributed by atoms with E-state index in [2.05, 4.69) is 5.32 Å². The van der Waals surface area contributed by atoms with Crippen molar-refractivity contribution in [1.82, 2.24) is 4.90 Å². The lowest BCUT2D eigenvalue weighted by Crippen LogP contribution is -2.43. The Hall–Kier alpha value is -3.68. The van der Waals surface area contributed by atoms with Gasteiger partial charge in [0.2, 0.25) is 5.91 Å². The number of nitrogens with one attached hydrogen (secondary N) is 1. The molecule has 1 N–H and O–H groups in total. The molecule has 3 amide bonds. The summed E-state index contributed by atoms with van der Waals surface area (Å²) in [6, 6.07) is 13.7. The van der Waals surface area contributed by atoms with Crippen molar-refractivity contribution < 1.29 is 28.7 Å². The zero-order valence-electron chi connectivity index (χ0n) is 16.7. The van der Waals surface area contributed by atoms with Crippen LogP contribution in [0.2, 0.25) is 0 Å². The van der Waals surface area contributed by atoms with Gasteiger partial charge in [0.15, 0.2) is 6.10 Å². The lowest BCUT2D eigenvalue weighted by molar-refractivity contribution is -0.153. The van der Waals surface area contributed by atoms with E-state index in [9.17, 15) is 19.2 Å². The largest absolute Gasteiger partial charge is 0.495 e. The number of nitrogens with zero attached hydrogens (tertiary/aromatic N) is 1. The Balaban J connectivity index is 1.53. The van der Waals surface area contributed by atoms with Crippen LogP contribution in [0.25, 0.3) is 0 Å². The molecule has 1 heterocycles. The van der Waals surface area contributed by atoms with Crippen LogP contribution in [0.1, 0.15) is 29.3 Å². The van der Waals surface area contributed by atoms with Gasteiger partial charge in [-0.05, 0) is 30.7 Å². The maximum absolute atomic E-state index is 12.5. The molecule has 8 nitrogen and oxygen atoms in total. The third-order valence-corrected chi connectivity index (χ3v) is 4.72. The molecule has 0 saturated carbocycles. The minimum absolute atomic E-state index is 0.105. The molecule has 1 atom stereocenters. The smallest absolute Gasteiger partial charge is 0.308 e. The molecule has 8 heteroatoms. The zero-order valence-corrected chi connectivity index (χ0v) is 16.7. The lowest BCUT2D eigenvalue weighted by Gasteiger charge is -2.26. The summed E-state index contributed by atoms with van der Waals surface area (Å²) < 4.78 is 10.3. The number of amides is 3. The average molecular weight is 410 g/mol. The maximum Gasteiger partial charge on any atom is 0.308 e. The van der Waals surface area contributed by atoms with Gasteiger partial charge in [0.1, 0.15) is 5.75 Å². The number of rotatable bonds is 7. The number of ether oxygens (including phenoxy) is 2. The van der Waals surface area contributed by atoms with Crippen LogP contribution in [0.15, 0.2) is 48.5 Å². The number of carbonyl (C=O) groups is 4. The monoisotopic (exact) mass is 410 g/mol. The van der Waals surface area contributed by atoms with Gasteiger partial charge in [-0.15, -0.1) is 0 Å². The zero-order chi connectivity index (χ0) is 21.7. The molecule has 156 valence electrons. The first-order valence-electron chi connectivity index (χ1n) is 9.46. The van der Waals surface area contributed by atoms with Gasteiger partial charge < -0.3 is 14.8 Å². The number of hydrogen-bond acceptors (Lipinski definition) is 6. The SMILES string of the molecule is COc1ccccc1NC(=O)[C@H](C)OC(=O)CCN1C(=O)Cc2ccccc2C1=O. The van der Waals surface area contributed by atoms with Crippen molar-refractivity contribution >= 4 is 29.4 Å². The molecule has 0 fully saturated rings. The van der Waals surface area contributed by atoms with Crippen LogP contribution in [0.4, 0.5) is 5.69 Å². The van der Waals surface area contributed by atoms with Crippen molar-refractivity contribution in [2.75, 3.05) is 19.0 Å². The average Bonchev–Trinajstić information content (AvgIpc) is 2.73. The van der Waals surface area contributed by atoms with Crippen LogP contribution < -0.4 is 10.1 Å². The third-order valence-electron chi connectivity index (χ3n) is 4.72. The number of methoxy groups -OCH3 is 1. The second-order valence-electron chi connectivity index (χ2n) is 6.76. The number of anilines is 1. The number of esters is 1. The van der Waals surface area contributed by atoms with Crippen LogP contribution in [-0.4, -0.2) is 48.3 Å². The molecule has 0 radical (unpaired) electrons. The van der Waals surface area contributed by atoms with Gasteiger partial charge in [0.05, 0.1) is 25.6 Å². The first-order valence-corrected chi connectivity index (χ1v) is 9.46. The summed E-state index contributed by atoms with van der Waals surface area (Å²) in [7, 11) is 1.48. The quantitative estimate of drug-likeness (QED) is 0.555. The number of imide groups is 1. The predicted octanol–water partition coefficient (Wildman–Crippen LogP) is 2.18. The second kappa shape index (κ2) is 9.21. The van der Waals surface area contributed by atoms with E-state index in [0.717, 1.165) is 4.90 Å². The fraction of sp³-hybridized carbons (Fsp3) is 0.273. The Bertz CT molecular complexity index is 987. The summed E-state index contributed by atoms with van der Waals surface area (Å²) in [5, 5.41) is 2.64. The number of hydrogen-bond donors (Lipinski definition) is 1. The molecule has 0 spiro atoms. The third kappa shape index (κ3) is 4.65. The van der Waals surface area contributed by atoms with Gasteiger partial charge in [-0.25, -0.2) is 0 Å². The highest BCUT2D eigenvalue weighted by atomic mass is 16.5. The van der Waals surface area contributed by atoms with E-state index in [0.29, 0.717) is 22.6 Å². The maximum atomic E-state index is 12.5. The van der Waals surface area contributed by atoms with E-state index in [1.54, 1.807) is 48.5 Å². The lowest BCUT2D eigenvalue weighted by atomic mass is 9.98. The molecule has 0 aliphatic carbocycles. The summed E-state index contributed by atoms with van der Waals surface area (Å²) in [5.41, 5.74) is 1.58. The van der Waals surface area contributed by atoms with Crippen molar-refractivity contribution in [1.29, 1.82) is 0 Å². The number of para-hydroxylation sites is 2. The van der Waals surface area contributed by atoms with Crippen molar-refractivity contribution in [3.05, 3.63) is 59.7 Å². The van der Waals surface area contributed by atoms with E-state index in [4.69, 9.17) is 9.47 Å². The Morgan fingerprint density at radius 2 is 1.80 bits per heavy atom. The molecular weight excluding hydrogens is 388 g/mol. The first kappa shape index (κ1) is 21.0. The van der Waals surface area contributed by atoms with Crippen LogP contribution in [0.5, 0.6) is 5.75 Å². The van der Waals surface area contributed by atoms with E-state index in [1.165, 1.54) is 14.0 Å². The predicted molar refractivity (Wildman–Crippen MR) is 108 cm³/mol. The van der Waals surface area contributed by atoms with Crippen molar-refractivity contribution in [3.63, 3.8) is 0 Å². The molecule has 1 aliphatic heterocycles. The fourth-order valence-electron chi connectivity index (χ4n) is 3.12. The normalized spacial score (nSPS) is 14.0. The van der Waals surface area contributed by atoms with Crippen LogP contribution in [-0.2, 0) is 25.5 Å². The van der Waals surface area contributed by atoms with E-state index < -0.39 is 23.9 Å². The highest BCUT2D eigenvalue weighted by Crippen LogP contribution is 2.23. The Morgan fingerprint density at radius 1 is 1.10 bits per heavy atom. The molecule has 30 heavy (non-hydrogen) atoms. The summed E-state index contributed by atoms with van der Waals surface area (Å²) in [6.07, 6.45) is -1.16. The van der Waals surface area contributed by atoms with E-state index in [-0.39, 0.29) is 25.3 Å². The van der Waals surface area contributed by atoms with Gasteiger partial charge >= 0.3 is 5.97 Å². The standard InChI is InChI=1S/C22H22N2O6/c1-14(21(27)23-17-9-5-6-10-18(17)29-2)30-20(26)11-12-24-19(25)13-15-7-3-4-8-16(15)22(24)28/h3-10,14H,11-13H2,1-2H3,(H,23,27)/t14-/m0/s1. The van der Waals surface area contributed by atoms with Crippen LogP contribution >= 0.6 is 0 Å². The first-order chi connectivity index (χ1) is 14.4. The Labute approximate surface area is 173 Å². The van der Waals surface area contributed by atoms with Gasteiger partial charge in [-0.1, -0.05) is 30.3 Å². The molecule has 1 aliphatic rings. The summed E-state index contributed by atoms with van der Waals surface area (Å²) in [6.45, 7) is 1.34. The van der Waals surface area contributed by atoms with Crippen molar-refractivity contribution in [2.24, 2.45) is 0 Å². The highest BCUT2D eigenvalue weighted by molar-refractivity contribution is 6.09. The molecule has 3 rings (SSSR count). The molecule has 2 aromatic carbocycles. The van der Waals surface area contributed by atoms with E-state index >= 15 is 0 Å². The van der Waals surface area contributed by atoms with Gasteiger partial charge in [0.25, 0.3) is 11.8 Å². The van der Waals surface area contributed by atoms with Crippen LogP contribution in [0.3, 0.4) is 0 Å². The summed E-state index contributed by atoms with van der Waals surface area (Å²) in [5.74, 6) is -1.53. The highest BCUT2D eigenvalue weighted by Gasteiger charge is 2.31. The van der Waals surface area contributed by atoms with Gasteiger partial charge in [-0.3, -0.25) is 24.1 Å². The molecule has 2 aromatic rings. The number of carbonyl (C=O) groups excluding carboxylic acids is 4. The van der Waals surface area contributed by atoms with Crippen molar-refractivity contribution in [3.8, 4) is 5.75 Å². The van der Waals surface area contributed by atoms with Gasteiger partial charge in [-0.2, -0.15) is 0 Å². The van der Waals surface area contributed by atoms with Crippen LogP contribution in [0, 0.1) is 0 Å². The number of fused-ring (bicyclic) bond motifs is 1. The topological polar surface area (TPSA) is 102 Å². The minimum Gasteiger partial charge on any atom is -0.495 e.